The Hall–Kier alpha value is -2.73. The zero-order chi connectivity index (χ0) is 26.8. The maximum atomic E-state index is 11.9. The Morgan fingerprint density at radius 3 is 2.56 bits per heavy atom. The van der Waals surface area contributed by atoms with Gasteiger partial charge in [-0.05, 0) is 56.2 Å². The number of rotatable bonds is 7. The van der Waals surface area contributed by atoms with Crippen LogP contribution < -0.4 is 10.5 Å². The molecule has 10 nitrogen and oxygen atoms in total. The van der Waals surface area contributed by atoms with Crippen molar-refractivity contribution < 1.29 is 17.9 Å². The Morgan fingerprint density at radius 2 is 1.87 bits per heavy atom. The number of sulfonamides is 1. The minimum absolute atomic E-state index is 0.118. The molecular weight excluding hydrogens is 516 g/mol. The van der Waals surface area contributed by atoms with E-state index in [1.807, 2.05) is 12.1 Å². The SMILES string of the molecule is CS(=O)(=O)N1CCN(C2CC(n3cc(-c4cccc(OCC56CCC(CC5)O6)c4)c4c(N)ncnc43)C2)CC1. The van der Waals surface area contributed by atoms with E-state index in [-0.39, 0.29) is 5.60 Å². The van der Waals surface area contributed by atoms with Crippen LogP contribution in [0.4, 0.5) is 5.82 Å². The van der Waals surface area contributed by atoms with Gasteiger partial charge in [0.15, 0.2) is 0 Å². The van der Waals surface area contributed by atoms with Crippen molar-refractivity contribution in [2.45, 2.75) is 62.3 Å². The Kier molecular flexibility index (Phi) is 6.11. The van der Waals surface area contributed by atoms with Crippen molar-refractivity contribution in [3.63, 3.8) is 0 Å². The second-order valence-corrected chi connectivity index (χ2v) is 13.7. The van der Waals surface area contributed by atoms with E-state index >= 15 is 0 Å². The minimum atomic E-state index is -3.12. The summed E-state index contributed by atoms with van der Waals surface area (Å²) in [4.78, 5) is 11.4. The molecule has 0 spiro atoms. The van der Waals surface area contributed by atoms with Gasteiger partial charge in [-0.15, -0.1) is 0 Å². The number of nitrogens with two attached hydrogens (primary N) is 1. The van der Waals surface area contributed by atoms with E-state index in [0.29, 0.717) is 43.7 Å². The first-order valence-corrected chi connectivity index (χ1v) is 15.8. The van der Waals surface area contributed by atoms with Crippen LogP contribution in [0.25, 0.3) is 22.2 Å². The van der Waals surface area contributed by atoms with Crippen LogP contribution >= 0.6 is 0 Å². The maximum absolute atomic E-state index is 11.9. The van der Waals surface area contributed by atoms with Gasteiger partial charge in [-0.2, -0.15) is 4.31 Å². The van der Waals surface area contributed by atoms with Crippen molar-refractivity contribution in [1.82, 2.24) is 23.7 Å². The smallest absolute Gasteiger partial charge is 0.211 e. The summed E-state index contributed by atoms with van der Waals surface area (Å²) < 4.78 is 40.0. The topological polar surface area (TPSA) is 116 Å². The normalized spacial score (nSPS) is 29.6. The molecule has 208 valence electrons. The van der Waals surface area contributed by atoms with E-state index in [0.717, 1.165) is 79.5 Å². The second kappa shape index (κ2) is 9.43. The predicted octanol–water partition coefficient (Wildman–Crippen LogP) is 3.05. The maximum Gasteiger partial charge on any atom is 0.211 e. The third-order valence-electron chi connectivity index (χ3n) is 9.29. The second-order valence-electron chi connectivity index (χ2n) is 11.7. The summed E-state index contributed by atoms with van der Waals surface area (Å²) in [5.74, 6) is 1.30. The van der Waals surface area contributed by atoms with E-state index in [1.54, 1.807) is 4.31 Å². The molecule has 11 heteroatoms. The van der Waals surface area contributed by atoms with Crippen LogP contribution in [0.1, 0.15) is 44.6 Å². The van der Waals surface area contributed by atoms with Crippen LogP contribution in [0.5, 0.6) is 5.75 Å². The van der Waals surface area contributed by atoms with Crippen molar-refractivity contribution >= 4 is 26.9 Å². The average Bonchev–Trinajstić information content (AvgIpc) is 3.61. The number of nitrogen functional groups attached to an aromatic ring is 1. The molecule has 2 bridgehead atoms. The highest BCUT2D eigenvalue weighted by atomic mass is 32.2. The van der Waals surface area contributed by atoms with E-state index in [2.05, 4.69) is 37.8 Å². The van der Waals surface area contributed by atoms with Gasteiger partial charge in [0, 0.05) is 50.0 Å². The molecule has 0 amide bonds. The lowest BCUT2D eigenvalue weighted by atomic mass is 9.85. The standard InChI is InChI=1S/C28H36N6O4S/c1-39(35,36)33-11-9-32(10-12-33)20-14-21(15-20)34-16-24(25-26(29)30-18-31-27(25)34)19-3-2-4-23(13-19)37-17-28-7-5-22(38-28)6-8-28/h2-4,13,16,18,20-22H,5-12,14-15,17H2,1H3,(H2,29,30,31). The highest BCUT2D eigenvalue weighted by Gasteiger charge is 2.46. The molecule has 1 aromatic carbocycles. The molecule has 0 radical (unpaired) electrons. The van der Waals surface area contributed by atoms with Gasteiger partial charge in [0.05, 0.1) is 17.7 Å². The molecule has 2 N–H and O–H groups in total. The van der Waals surface area contributed by atoms with Gasteiger partial charge in [-0.1, -0.05) is 12.1 Å². The lowest BCUT2D eigenvalue weighted by Gasteiger charge is -2.46. The van der Waals surface area contributed by atoms with Crippen LogP contribution in [0.15, 0.2) is 36.8 Å². The molecule has 2 aromatic heterocycles. The van der Waals surface area contributed by atoms with Crippen LogP contribution in [0, 0.1) is 0 Å². The first kappa shape index (κ1) is 25.3. The molecule has 0 unspecified atom stereocenters. The molecule has 3 saturated heterocycles. The molecule has 39 heavy (non-hydrogen) atoms. The molecule has 3 aliphatic heterocycles. The molecular formula is C28H36N6O4S. The number of nitrogens with zero attached hydrogens (tertiary/aromatic N) is 5. The number of hydrogen-bond acceptors (Lipinski definition) is 8. The van der Waals surface area contributed by atoms with Crippen molar-refractivity contribution in [2.75, 3.05) is 44.8 Å². The summed E-state index contributed by atoms with van der Waals surface area (Å²) in [5, 5.41) is 0.872. The van der Waals surface area contributed by atoms with Gasteiger partial charge in [0.1, 0.15) is 35.7 Å². The summed E-state index contributed by atoms with van der Waals surface area (Å²) in [7, 11) is -3.12. The fourth-order valence-electron chi connectivity index (χ4n) is 6.94. The van der Waals surface area contributed by atoms with E-state index in [4.69, 9.17) is 15.2 Å². The number of fused-ring (bicyclic) bond motifs is 3. The fourth-order valence-corrected chi connectivity index (χ4v) is 7.77. The van der Waals surface area contributed by atoms with E-state index in [1.165, 1.54) is 12.6 Å². The first-order chi connectivity index (χ1) is 18.8. The van der Waals surface area contributed by atoms with Gasteiger partial charge in [0.2, 0.25) is 10.0 Å². The summed E-state index contributed by atoms with van der Waals surface area (Å²) in [5.41, 5.74) is 9.18. The zero-order valence-electron chi connectivity index (χ0n) is 22.3. The first-order valence-electron chi connectivity index (χ1n) is 14.0. The molecule has 1 aliphatic carbocycles. The van der Waals surface area contributed by atoms with Crippen LogP contribution in [-0.2, 0) is 14.8 Å². The Bertz CT molecular complexity index is 1480. The van der Waals surface area contributed by atoms with Crippen molar-refractivity contribution in [3.8, 4) is 16.9 Å². The quantitative estimate of drug-likeness (QED) is 0.476. The van der Waals surface area contributed by atoms with Gasteiger partial charge < -0.3 is 19.8 Å². The molecule has 7 rings (SSSR count). The highest BCUT2D eigenvalue weighted by molar-refractivity contribution is 7.88. The number of hydrogen-bond donors (Lipinski definition) is 1. The Labute approximate surface area is 229 Å². The van der Waals surface area contributed by atoms with Crippen LogP contribution in [-0.4, -0.2) is 88.9 Å². The molecule has 4 fully saturated rings. The van der Waals surface area contributed by atoms with Crippen LogP contribution in [0.3, 0.4) is 0 Å². The minimum Gasteiger partial charge on any atom is -0.491 e. The monoisotopic (exact) mass is 552 g/mol. The Balaban J connectivity index is 1.09. The lowest BCUT2D eigenvalue weighted by molar-refractivity contribution is -0.0198. The van der Waals surface area contributed by atoms with Crippen molar-refractivity contribution in [1.29, 1.82) is 0 Å². The van der Waals surface area contributed by atoms with Gasteiger partial charge in [0.25, 0.3) is 0 Å². The molecule has 3 aromatic rings. The third-order valence-corrected chi connectivity index (χ3v) is 10.6. The van der Waals surface area contributed by atoms with E-state index in [9.17, 15) is 8.42 Å². The lowest BCUT2D eigenvalue weighted by Crippen LogP contribution is -2.55. The van der Waals surface area contributed by atoms with Gasteiger partial charge in [-0.3, -0.25) is 4.90 Å². The molecule has 0 atom stereocenters. The largest absolute Gasteiger partial charge is 0.491 e. The molecule has 5 heterocycles. The zero-order valence-corrected chi connectivity index (χ0v) is 23.1. The number of benzene rings is 1. The van der Waals surface area contributed by atoms with Crippen molar-refractivity contribution in [2.24, 2.45) is 0 Å². The molecule has 4 aliphatic rings. The average molecular weight is 553 g/mol. The van der Waals surface area contributed by atoms with Crippen molar-refractivity contribution in [3.05, 3.63) is 36.8 Å². The van der Waals surface area contributed by atoms with Gasteiger partial charge in [-0.25, -0.2) is 18.4 Å². The third kappa shape index (κ3) is 4.59. The fraction of sp³-hybridized carbons (Fsp3) is 0.571. The summed E-state index contributed by atoms with van der Waals surface area (Å²) in [6, 6.07) is 8.94. The number of piperazine rings is 1. The highest BCUT2D eigenvalue weighted by Crippen LogP contribution is 2.45. The Morgan fingerprint density at radius 1 is 1.10 bits per heavy atom. The molecule has 1 saturated carbocycles. The van der Waals surface area contributed by atoms with E-state index < -0.39 is 10.0 Å². The number of anilines is 1. The van der Waals surface area contributed by atoms with Crippen LogP contribution in [0.2, 0.25) is 0 Å². The predicted molar refractivity (Wildman–Crippen MR) is 149 cm³/mol. The summed E-state index contributed by atoms with van der Waals surface area (Å²) in [6.45, 7) is 3.26. The summed E-state index contributed by atoms with van der Waals surface area (Å²) >= 11 is 0. The number of ether oxygens (including phenoxy) is 2. The summed E-state index contributed by atoms with van der Waals surface area (Å²) in [6.07, 6.45) is 11.8. The number of aromatic nitrogens is 3. The van der Waals surface area contributed by atoms with Gasteiger partial charge >= 0.3 is 0 Å².